The highest BCUT2D eigenvalue weighted by molar-refractivity contribution is 6.04. The number of benzene rings is 2. The Morgan fingerprint density at radius 2 is 1.61 bits per heavy atom. The molecular weight excluding hydrogens is 650 g/mol. The number of nitrogens with one attached hydrogen (secondary N) is 3. The number of hydrogen-bond acceptors (Lipinski definition) is 10. The molecule has 3 aliphatic heterocycles. The standard InChI is InChI=1S/C37H41N9O5/c1-51-33-23-27(9-11-31(33)40-37(50)32-4-2-3-29(39-32)30-13-14-38-42-30)45-19-21-46(22-20-45)35(48)24-43-15-17-44(18-16-43)26-7-5-25(6-8-26)28-10-12-34(47)41-36(28)49/h2-9,11,13-14,23,28H,10,12,15-22,24H2,1H3,(H,38,42)(H,40,50)(H,41,47,49). The molecule has 264 valence electrons. The van der Waals surface area contributed by atoms with Gasteiger partial charge in [0.15, 0.2) is 0 Å². The molecule has 2 aromatic heterocycles. The maximum atomic E-state index is 13.3. The van der Waals surface area contributed by atoms with E-state index in [1.807, 2.05) is 53.4 Å². The van der Waals surface area contributed by atoms with Crippen molar-refractivity contribution < 1.29 is 23.9 Å². The molecule has 7 rings (SSSR count). The Hall–Kier alpha value is -5.76. The van der Waals surface area contributed by atoms with E-state index < -0.39 is 0 Å². The lowest BCUT2D eigenvalue weighted by molar-refractivity contribution is -0.134. The van der Waals surface area contributed by atoms with Crippen molar-refractivity contribution in [2.75, 3.05) is 81.1 Å². The number of aromatic amines is 1. The number of carbonyl (C=O) groups excluding carboxylic acids is 4. The van der Waals surface area contributed by atoms with Gasteiger partial charge in [0, 0.05) is 82.4 Å². The fraction of sp³-hybridized carbons (Fsp3) is 0.351. The molecular formula is C37H41N9O5. The van der Waals surface area contributed by atoms with Gasteiger partial charge in [-0.15, -0.1) is 0 Å². The lowest BCUT2D eigenvalue weighted by atomic mass is 9.90. The van der Waals surface area contributed by atoms with Crippen LogP contribution in [0.5, 0.6) is 5.75 Å². The van der Waals surface area contributed by atoms with Crippen molar-refractivity contribution in [3.63, 3.8) is 0 Å². The summed E-state index contributed by atoms with van der Waals surface area (Å²) in [5.74, 6) is -0.394. The molecule has 51 heavy (non-hydrogen) atoms. The number of ether oxygens (including phenoxy) is 1. The summed E-state index contributed by atoms with van der Waals surface area (Å²) in [4.78, 5) is 63.2. The van der Waals surface area contributed by atoms with Crippen molar-refractivity contribution in [3.05, 3.63) is 84.2 Å². The number of methoxy groups -OCH3 is 1. The summed E-state index contributed by atoms with van der Waals surface area (Å²) >= 11 is 0. The molecule has 0 spiro atoms. The first kappa shape index (κ1) is 33.7. The van der Waals surface area contributed by atoms with Gasteiger partial charge in [-0.05, 0) is 54.4 Å². The first-order valence-corrected chi connectivity index (χ1v) is 17.2. The molecule has 4 aromatic rings. The first-order valence-electron chi connectivity index (χ1n) is 17.2. The Kier molecular flexibility index (Phi) is 9.92. The summed E-state index contributed by atoms with van der Waals surface area (Å²) in [7, 11) is 1.57. The highest BCUT2D eigenvalue weighted by Gasteiger charge is 2.29. The van der Waals surface area contributed by atoms with Crippen molar-refractivity contribution in [1.82, 2.24) is 30.3 Å². The van der Waals surface area contributed by atoms with E-state index >= 15 is 0 Å². The van der Waals surface area contributed by atoms with Crippen molar-refractivity contribution in [2.45, 2.75) is 18.8 Å². The zero-order chi connectivity index (χ0) is 35.3. The zero-order valence-electron chi connectivity index (χ0n) is 28.5. The summed E-state index contributed by atoms with van der Waals surface area (Å²) < 4.78 is 5.64. The van der Waals surface area contributed by atoms with Crippen LogP contribution in [-0.2, 0) is 14.4 Å². The van der Waals surface area contributed by atoms with Crippen LogP contribution in [0.3, 0.4) is 0 Å². The van der Waals surface area contributed by atoms with Crippen molar-refractivity contribution in [2.24, 2.45) is 0 Å². The quantitative estimate of drug-likeness (QED) is 0.223. The van der Waals surface area contributed by atoms with E-state index in [4.69, 9.17) is 4.74 Å². The van der Waals surface area contributed by atoms with Gasteiger partial charge in [0.1, 0.15) is 11.4 Å². The number of piperidine rings is 1. The number of nitrogens with zero attached hydrogens (tertiary/aromatic N) is 6. The van der Waals surface area contributed by atoms with Crippen LogP contribution in [0.15, 0.2) is 72.9 Å². The van der Waals surface area contributed by atoms with Crippen molar-refractivity contribution in [3.8, 4) is 17.1 Å². The second-order valence-electron chi connectivity index (χ2n) is 12.9. The molecule has 0 bridgehead atoms. The summed E-state index contributed by atoms with van der Waals surface area (Å²) in [5.41, 5.74) is 5.13. The Labute approximate surface area is 295 Å². The smallest absolute Gasteiger partial charge is 0.274 e. The average Bonchev–Trinajstić information content (AvgIpc) is 3.71. The summed E-state index contributed by atoms with van der Waals surface area (Å²) in [6.07, 6.45) is 2.54. The number of pyridine rings is 1. The number of rotatable bonds is 9. The summed E-state index contributed by atoms with van der Waals surface area (Å²) in [6.45, 7) is 6.21. The van der Waals surface area contributed by atoms with Gasteiger partial charge in [-0.2, -0.15) is 5.10 Å². The van der Waals surface area contributed by atoms with Crippen LogP contribution in [-0.4, -0.2) is 115 Å². The third kappa shape index (κ3) is 7.70. The van der Waals surface area contributed by atoms with Gasteiger partial charge in [-0.25, -0.2) is 4.98 Å². The maximum absolute atomic E-state index is 13.3. The third-order valence-corrected chi connectivity index (χ3v) is 9.82. The average molecular weight is 692 g/mol. The molecule has 1 unspecified atom stereocenters. The largest absolute Gasteiger partial charge is 0.494 e. The van der Waals surface area contributed by atoms with Crippen LogP contribution in [0.4, 0.5) is 17.1 Å². The van der Waals surface area contributed by atoms with Gasteiger partial charge in [0.2, 0.25) is 17.7 Å². The van der Waals surface area contributed by atoms with Crippen molar-refractivity contribution >= 4 is 40.7 Å². The molecule has 3 N–H and O–H groups in total. The predicted octanol–water partition coefficient (Wildman–Crippen LogP) is 2.72. The zero-order valence-corrected chi connectivity index (χ0v) is 28.5. The van der Waals surface area contributed by atoms with Gasteiger partial charge in [0.05, 0.1) is 36.6 Å². The molecule has 2 aromatic carbocycles. The highest BCUT2D eigenvalue weighted by Crippen LogP contribution is 2.31. The molecule has 0 saturated carbocycles. The summed E-state index contributed by atoms with van der Waals surface area (Å²) in [6, 6.07) is 20.8. The predicted molar refractivity (Wildman–Crippen MR) is 192 cm³/mol. The fourth-order valence-corrected chi connectivity index (χ4v) is 6.87. The Morgan fingerprint density at radius 3 is 2.31 bits per heavy atom. The van der Waals surface area contributed by atoms with E-state index in [0.717, 1.165) is 48.8 Å². The van der Waals surface area contributed by atoms with Crippen LogP contribution in [0, 0.1) is 0 Å². The van der Waals surface area contributed by atoms with Gasteiger partial charge in [0.25, 0.3) is 5.91 Å². The second kappa shape index (κ2) is 15.0. The third-order valence-electron chi connectivity index (χ3n) is 9.82. The molecule has 4 amide bonds. The monoisotopic (exact) mass is 691 g/mol. The first-order chi connectivity index (χ1) is 24.8. The minimum atomic E-state index is -0.350. The molecule has 0 aliphatic carbocycles. The number of hydrogen-bond donors (Lipinski definition) is 3. The van der Waals surface area contributed by atoms with E-state index in [2.05, 4.69) is 40.5 Å². The fourth-order valence-electron chi connectivity index (χ4n) is 6.87. The van der Waals surface area contributed by atoms with Gasteiger partial charge < -0.3 is 24.8 Å². The van der Waals surface area contributed by atoms with Crippen LogP contribution < -0.4 is 25.2 Å². The van der Waals surface area contributed by atoms with Crippen LogP contribution >= 0.6 is 0 Å². The number of H-pyrrole nitrogens is 1. The second-order valence-corrected chi connectivity index (χ2v) is 12.9. The molecule has 0 radical (unpaired) electrons. The van der Waals surface area contributed by atoms with E-state index in [9.17, 15) is 19.2 Å². The molecule has 1 atom stereocenters. The molecule has 3 saturated heterocycles. The molecule has 5 heterocycles. The summed E-state index contributed by atoms with van der Waals surface area (Å²) in [5, 5.41) is 12.2. The van der Waals surface area contributed by atoms with E-state index in [1.165, 1.54) is 0 Å². The lowest BCUT2D eigenvalue weighted by Crippen LogP contribution is -2.54. The van der Waals surface area contributed by atoms with E-state index in [0.29, 0.717) is 62.7 Å². The normalized spacial score (nSPS) is 18.4. The minimum absolute atomic E-state index is 0.137. The van der Waals surface area contributed by atoms with Crippen molar-refractivity contribution in [1.29, 1.82) is 0 Å². The van der Waals surface area contributed by atoms with E-state index in [-0.39, 0.29) is 35.2 Å². The minimum Gasteiger partial charge on any atom is -0.494 e. The number of imide groups is 1. The van der Waals surface area contributed by atoms with Crippen LogP contribution in [0.25, 0.3) is 11.4 Å². The SMILES string of the molecule is COc1cc(N2CCN(C(=O)CN3CCN(c4ccc(C5CCC(=O)NC5=O)cc4)CC3)CC2)ccc1NC(=O)c1cccc(-c2ccn[nH]2)n1. The maximum Gasteiger partial charge on any atom is 0.274 e. The molecule has 14 heteroatoms. The molecule has 3 aliphatic rings. The highest BCUT2D eigenvalue weighted by atomic mass is 16.5. The van der Waals surface area contributed by atoms with E-state index in [1.54, 1.807) is 31.5 Å². The van der Waals surface area contributed by atoms with Gasteiger partial charge in [-0.3, -0.25) is 34.5 Å². The Bertz CT molecular complexity index is 1880. The Balaban J connectivity index is 0.872. The number of anilines is 3. The number of piperazine rings is 2. The number of aromatic nitrogens is 3. The Morgan fingerprint density at radius 1 is 0.882 bits per heavy atom. The number of carbonyl (C=O) groups is 4. The number of amides is 4. The van der Waals surface area contributed by atoms with Crippen LogP contribution in [0.2, 0.25) is 0 Å². The van der Waals surface area contributed by atoms with Gasteiger partial charge in [-0.1, -0.05) is 18.2 Å². The van der Waals surface area contributed by atoms with Gasteiger partial charge >= 0.3 is 0 Å². The molecule has 14 nitrogen and oxygen atoms in total. The lowest BCUT2D eigenvalue weighted by Gasteiger charge is -2.39. The topological polar surface area (TPSA) is 156 Å². The molecule has 3 fully saturated rings. The van der Waals surface area contributed by atoms with Crippen LogP contribution in [0.1, 0.15) is 34.8 Å².